The normalized spacial score (nSPS) is 25.2. The maximum atomic E-state index is 14.1. The van der Waals surface area contributed by atoms with Gasteiger partial charge in [-0.3, -0.25) is 14.4 Å². The fourth-order valence-electron chi connectivity index (χ4n) is 7.78. The van der Waals surface area contributed by atoms with Crippen LogP contribution >= 0.6 is 0 Å². The Kier molecular flexibility index (Phi) is 12.0. The predicted octanol–water partition coefficient (Wildman–Crippen LogP) is 2.08. The molecule has 16 heteroatoms. The highest BCUT2D eigenvalue weighted by Crippen LogP contribution is 2.65. The molecule has 1 fully saturated rings. The largest absolute Gasteiger partial charge is 0.493 e. The monoisotopic (exact) mass is 759 g/mol. The summed E-state index contributed by atoms with van der Waals surface area (Å²) in [7, 11) is 3.43. The summed E-state index contributed by atoms with van der Waals surface area (Å²) in [5, 5.41) is 12.5. The number of hydrogen-bond donors (Lipinski definition) is 1. The number of methoxy groups -OCH3 is 1. The number of nitrogens with zero attached hydrogens (tertiary/aromatic N) is 1. The molecule has 0 amide bonds. The molecule has 1 spiro atoms. The molecule has 2 bridgehead atoms. The number of likely N-dealkylation sites (N-methyl/N-ethyl adjacent to an activating group) is 1. The zero-order valence-electron chi connectivity index (χ0n) is 31.8. The highest BCUT2D eigenvalue weighted by atomic mass is 16.7. The third-order valence-electron chi connectivity index (χ3n) is 10.1. The second kappa shape index (κ2) is 16.0. The van der Waals surface area contributed by atoms with E-state index in [9.17, 15) is 33.9 Å². The molecule has 2 heterocycles. The van der Waals surface area contributed by atoms with Crippen molar-refractivity contribution in [3.63, 3.8) is 0 Å². The number of likely N-dealkylation sites (tertiary alicyclic amines) is 1. The summed E-state index contributed by atoms with van der Waals surface area (Å²) in [4.78, 5) is 80.3. The Balaban J connectivity index is 1.46. The van der Waals surface area contributed by atoms with Crippen LogP contribution in [0.2, 0.25) is 0 Å². The summed E-state index contributed by atoms with van der Waals surface area (Å²) >= 11 is 0. The van der Waals surface area contributed by atoms with Gasteiger partial charge in [-0.25, -0.2) is 14.4 Å². The smallest absolute Gasteiger partial charge is 0.357 e. The van der Waals surface area contributed by atoms with E-state index in [4.69, 9.17) is 37.9 Å². The molecular weight excluding hydrogens is 710 g/mol. The molecule has 16 nitrogen and oxygen atoms in total. The van der Waals surface area contributed by atoms with Crippen LogP contribution in [0.5, 0.6) is 11.5 Å². The quantitative estimate of drug-likeness (QED) is 0.201. The zero-order valence-corrected chi connectivity index (χ0v) is 31.8. The minimum absolute atomic E-state index is 0.0206. The third-order valence-corrected chi connectivity index (χ3v) is 10.1. The summed E-state index contributed by atoms with van der Waals surface area (Å²) in [6.07, 6.45) is -5.68. The first-order chi connectivity index (χ1) is 25.4. The number of esters is 6. The molecule has 7 atom stereocenters. The second-order valence-electron chi connectivity index (χ2n) is 15.0. The van der Waals surface area contributed by atoms with Gasteiger partial charge in [0, 0.05) is 31.9 Å². The molecule has 0 unspecified atom stereocenters. The number of benzene rings is 1. The highest BCUT2D eigenvalue weighted by Gasteiger charge is 2.72. The summed E-state index contributed by atoms with van der Waals surface area (Å²) < 4.78 is 44.2. The molecule has 1 aromatic carbocycles. The predicted molar refractivity (Wildman–Crippen MR) is 185 cm³/mol. The molecular formula is C38H49NO15. The zero-order chi connectivity index (χ0) is 39.7. The van der Waals surface area contributed by atoms with Gasteiger partial charge in [-0.1, -0.05) is 33.8 Å². The SMILES string of the molecule is COc1ccc2c3c1O[C@H]1C(OC(=O)[C@H](OC(C)=O)[C@@H](OC(C)=O)C(=O)O[C@@H](CC(=O)OCC(C)C)C(=O)OCC(C)C)=CC[C@@]4(O)[C@@H](C2)N(C)CC[C@]314. The van der Waals surface area contributed by atoms with Crippen molar-refractivity contribution in [1.29, 1.82) is 0 Å². The van der Waals surface area contributed by atoms with Crippen molar-refractivity contribution in [3.8, 4) is 11.5 Å². The number of piperidine rings is 1. The minimum Gasteiger partial charge on any atom is -0.493 e. The molecule has 54 heavy (non-hydrogen) atoms. The molecule has 0 saturated carbocycles. The van der Waals surface area contributed by atoms with Crippen LogP contribution in [-0.4, -0.2) is 116 Å². The van der Waals surface area contributed by atoms with Gasteiger partial charge in [0.15, 0.2) is 17.6 Å². The Hall–Kier alpha value is -4.70. The van der Waals surface area contributed by atoms with Crippen molar-refractivity contribution in [2.24, 2.45) is 11.8 Å². The van der Waals surface area contributed by atoms with Gasteiger partial charge in [-0.05, 0) is 56.0 Å². The van der Waals surface area contributed by atoms with E-state index in [2.05, 4.69) is 4.90 Å². The van der Waals surface area contributed by atoms with Crippen LogP contribution in [0, 0.1) is 11.8 Å². The number of ether oxygens (including phenoxy) is 8. The standard InChI is InChI=1S/C38H49NO15/c1-19(2)17-48-28(42)16-26(34(43)49-18-20(3)4)53-36(45)32(51-22(6)41)31(50-21(5)40)35(44)52-25-11-12-38(46)27-15-23-9-10-24(47-8)30-29(23)37(38,33(25)54-30)13-14-39(27)7/h9-11,19-20,26-27,31-33,46H,12-18H2,1-8H3/t26-,27+,31+,32+,33-,37-,38+/m0/s1. The third kappa shape index (κ3) is 7.63. The van der Waals surface area contributed by atoms with E-state index in [1.807, 2.05) is 13.1 Å². The fourth-order valence-corrected chi connectivity index (χ4v) is 7.78. The molecule has 2 aliphatic heterocycles. The Labute approximate surface area is 313 Å². The maximum Gasteiger partial charge on any atom is 0.357 e. The summed E-state index contributed by atoms with van der Waals surface area (Å²) in [6, 6.07) is 3.42. The van der Waals surface area contributed by atoms with E-state index in [0.717, 1.165) is 25.0 Å². The van der Waals surface area contributed by atoms with Gasteiger partial charge >= 0.3 is 35.8 Å². The van der Waals surface area contributed by atoms with Gasteiger partial charge < -0.3 is 47.9 Å². The van der Waals surface area contributed by atoms with Crippen LogP contribution in [0.15, 0.2) is 24.0 Å². The number of carbonyl (C=O) groups excluding carboxylic acids is 6. The lowest BCUT2D eigenvalue weighted by atomic mass is 9.50. The lowest BCUT2D eigenvalue weighted by molar-refractivity contribution is -0.196. The van der Waals surface area contributed by atoms with Crippen LogP contribution in [0.3, 0.4) is 0 Å². The average molecular weight is 760 g/mol. The first kappa shape index (κ1) is 40.5. The molecule has 1 saturated heterocycles. The van der Waals surface area contributed by atoms with Gasteiger partial charge in [-0.15, -0.1) is 0 Å². The van der Waals surface area contributed by atoms with Crippen LogP contribution in [-0.2, 0) is 69.0 Å². The van der Waals surface area contributed by atoms with Crippen molar-refractivity contribution in [3.05, 3.63) is 35.1 Å². The van der Waals surface area contributed by atoms with E-state index in [1.54, 1.807) is 33.8 Å². The number of rotatable bonds is 15. The average Bonchev–Trinajstić information content (AvgIpc) is 3.46. The molecule has 296 valence electrons. The molecule has 0 aromatic heterocycles. The molecule has 5 rings (SSSR count). The number of hydrogen-bond acceptors (Lipinski definition) is 16. The van der Waals surface area contributed by atoms with Crippen molar-refractivity contribution in [2.75, 3.05) is 33.9 Å². The van der Waals surface area contributed by atoms with Gasteiger partial charge in [0.25, 0.3) is 0 Å². The highest BCUT2D eigenvalue weighted by molar-refractivity contribution is 5.91. The number of aliphatic hydroxyl groups is 1. The second-order valence-corrected chi connectivity index (χ2v) is 15.0. The topological polar surface area (TPSA) is 200 Å². The van der Waals surface area contributed by atoms with Crippen molar-refractivity contribution >= 4 is 35.8 Å². The lowest BCUT2D eigenvalue weighted by Crippen LogP contribution is -2.74. The van der Waals surface area contributed by atoms with E-state index in [0.29, 0.717) is 30.9 Å². The van der Waals surface area contributed by atoms with Gasteiger partial charge in [0.2, 0.25) is 18.3 Å². The lowest BCUT2D eigenvalue weighted by Gasteiger charge is -2.61. The van der Waals surface area contributed by atoms with E-state index in [-0.39, 0.29) is 43.3 Å². The van der Waals surface area contributed by atoms with Crippen molar-refractivity contribution < 1.29 is 71.8 Å². The van der Waals surface area contributed by atoms with Gasteiger partial charge in [0.1, 0.15) is 5.76 Å². The first-order valence-electron chi connectivity index (χ1n) is 18.0. The maximum absolute atomic E-state index is 14.1. The van der Waals surface area contributed by atoms with Crippen molar-refractivity contribution in [1.82, 2.24) is 4.90 Å². The molecule has 2 aliphatic carbocycles. The molecule has 4 aliphatic rings. The summed E-state index contributed by atoms with van der Waals surface area (Å²) in [5.74, 6) is -6.31. The number of carbonyl (C=O) groups is 6. The van der Waals surface area contributed by atoms with E-state index in [1.165, 1.54) is 13.2 Å². The van der Waals surface area contributed by atoms with Crippen LogP contribution in [0.1, 0.15) is 71.9 Å². The Morgan fingerprint density at radius 3 is 2.15 bits per heavy atom. The Bertz CT molecular complexity index is 1700. The van der Waals surface area contributed by atoms with Crippen molar-refractivity contribution in [2.45, 2.75) is 109 Å². The first-order valence-corrected chi connectivity index (χ1v) is 18.0. The minimum atomic E-state index is -2.29. The molecule has 1 aromatic rings. The Morgan fingerprint density at radius 2 is 1.54 bits per heavy atom. The van der Waals surface area contributed by atoms with Crippen LogP contribution in [0.25, 0.3) is 0 Å². The van der Waals surface area contributed by atoms with E-state index >= 15 is 0 Å². The van der Waals surface area contributed by atoms with Gasteiger partial charge in [-0.2, -0.15) is 0 Å². The molecule has 1 N–H and O–H groups in total. The summed E-state index contributed by atoms with van der Waals surface area (Å²) in [5.41, 5.74) is -0.682. The van der Waals surface area contributed by atoms with E-state index < -0.39 is 77.7 Å². The van der Waals surface area contributed by atoms with Crippen LogP contribution in [0.4, 0.5) is 0 Å². The summed E-state index contributed by atoms with van der Waals surface area (Å²) in [6.45, 7) is 9.56. The van der Waals surface area contributed by atoms with Gasteiger partial charge in [0.05, 0.1) is 37.8 Å². The fraction of sp³-hybridized carbons (Fsp3) is 0.632. The molecule has 0 radical (unpaired) electrons. The van der Waals surface area contributed by atoms with Crippen LogP contribution < -0.4 is 9.47 Å². The Morgan fingerprint density at radius 1 is 0.907 bits per heavy atom.